The second-order valence-electron chi connectivity index (χ2n) is 6.42. The monoisotopic (exact) mass is 453 g/mol. The maximum Gasteiger partial charge on any atom is 0.416 e. The molecule has 0 saturated carbocycles. The van der Waals surface area contributed by atoms with Crippen LogP contribution in [-0.2, 0) is 6.18 Å². The summed E-state index contributed by atoms with van der Waals surface area (Å²) < 4.78 is 46.4. The van der Waals surface area contributed by atoms with Crippen molar-refractivity contribution in [2.45, 2.75) is 19.1 Å². The van der Waals surface area contributed by atoms with Gasteiger partial charge in [-0.25, -0.2) is 4.98 Å². The molecule has 0 fully saturated rings. The van der Waals surface area contributed by atoms with Gasteiger partial charge in [-0.05, 0) is 42.7 Å². The van der Waals surface area contributed by atoms with E-state index < -0.39 is 23.3 Å². The van der Waals surface area contributed by atoms with Crippen LogP contribution in [0.3, 0.4) is 0 Å². The molecule has 0 aliphatic rings. The van der Waals surface area contributed by atoms with Crippen molar-refractivity contribution < 1.29 is 23.0 Å². The van der Waals surface area contributed by atoms with Gasteiger partial charge in [0.05, 0.1) is 30.1 Å². The van der Waals surface area contributed by atoms with Crippen LogP contribution < -0.4 is 21.3 Å². The Labute approximate surface area is 178 Å². The number of rotatable bonds is 7. The van der Waals surface area contributed by atoms with Crippen molar-refractivity contribution in [3.05, 3.63) is 64.1 Å². The summed E-state index contributed by atoms with van der Waals surface area (Å²) in [6.07, 6.45) is -3.09. The van der Waals surface area contributed by atoms with Crippen molar-refractivity contribution in [1.29, 1.82) is 0 Å². The van der Waals surface area contributed by atoms with E-state index in [1.807, 2.05) is 0 Å². The fraction of sp³-hybridized carbons (Fsp3) is 0.211. The zero-order valence-corrected chi connectivity index (χ0v) is 16.9. The summed E-state index contributed by atoms with van der Waals surface area (Å²) >= 11 is 1.01. The third kappa shape index (κ3) is 5.61. The van der Waals surface area contributed by atoms with Gasteiger partial charge < -0.3 is 20.9 Å². The average Bonchev–Trinajstić information content (AvgIpc) is 3.09. The first-order chi connectivity index (χ1) is 14.7. The fourth-order valence-electron chi connectivity index (χ4n) is 2.47. The molecule has 2 heterocycles. The third-order valence-electron chi connectivity index (χ3n) is 3.96. The van der Waals surface area contributed by atoms with Crippen molar-refractivity contribution in [2.75, 3.05) is 11.9 Å². The number of aromatic nitrogens is 2. The molecule has 8 nitrogen and oxygen atoms in total. The van der Waals surface area contributed by atoms with Gasteiger partial charge in [0.15, 0.2) is 0 Å². The molecule has 0 aliphatic carbocycles. The molecule has 0 amide bonds. The number of aliphatic hydroxyl groups excluding tert-OH is 1. The highest BCUT2D eigenvalue weighted by molar-refractivity contribution is 7.10. The first-order valence-electron chi connectivity index (χ1n) is 8.91. The van der Waals surface area contributed by atoms with E-state index >= 15 is 0 Å². The van der Waals surface area contributed by atoms with E-state index in [0.717, 1.165) is 23.7 Å². The first kappa shape index (κ1) is 22.3. The molecule has 2 aromatic heterocycles. The number of aromatic amines is 1. The number of benzene rings is 1. The van der Waals surface area contributed by atoms with Crippen LogP contribution in [0, 0.1) is 0 Å². The molecule has 3 rings (SSSR count). The number of pyridine rings is 1. The van der Waals surface area contributed by atoms with Crippen molar-refractivity contribution in [1.82, 2.24) is 9.36 Å². The number of aliphatic imine (C=N–C) groups is 1. The van der Waals surface area contributed by atoms with E-state index in [1.165, 1.54) is 24.4 Å². The van der Waals surface area contributed by atoms with Gasteiger partial charge >= 0.3 is 6.18 Å². The number of nitrogens with one attached hydrogen (secondary N) is 2. The Hall–Kier alpha value is -3.38. The van der Waals surface area contributed by atoms with E-state index in [0.29, 0.717) is 10.7 Å². The Morgan fingerprint density at radius 1 is 1.39 bits per heavy atom. The summed E-state index contributed by atoms with van der Waals surface area (Å²) in [5.41, 5.74) is 5.25. The van der Waals surface area contributed by atoms with Crippen LogP contribution in [0.25, 0.3) is 0 Å². The lowest BCUT2D eigenvalue weighted by molar-refractivity contribution is -0.137. The lowest BCUT2D eigenvalue weighted by Gasteiger charge is -2.10. The first-order valence-corrected chi connectivity index (χ1v) is 9.73. The predicted octanol–water partition coefficient (Wildman–Crippen LogP) is 3.47. The second kappa shape index (κ2) is 9.18. The maximum absolute atomic E-state index is 12.8. The molecule has 164 valence electrons. The zero-order chi connectivity index (χ0) is 22.6. The summed E-state index contributed by atoms with van der Waals surface area (Å²) in [6, 6.07) is 7.03. The summed E-state index contributed by atoms with van der Waals surface area (Å²) in [4.78, 5) is 20.2. The largest absolute Gasteiger partial charge is 0.439 e. The standard InChI is InChI=1S/C19H18F3N5O3S/c1-10(9-28)25-16(23)15-17(29)27-31-18(15)26-12-5-6-14(24-8-12)30-13-4-2-3-11(7-13)19(20,21)22/h2-8,10,26,28H,9H2,1H3,(H2,23,25)(H,27,29). The van der Waals surface area contributed by atoms with Gasteiger partial charge in [-0.2, -0.15) is 13.2 Å². The number of aliphatic hydroxyl groups is 1. The summed E-state index contributed by atoms with van der Waals surface area (Å²) in [7, 11) is 0. The van der Waals surface area contributed by atoms with Gasteiger partial charge in [0.25, 0.3) is 5.56 Å². The van der Waals surface area contributed by atoms with Gasteiger partial charge in [0.2, 0.25) is 5.88 Å². The molecule has 1 aromatic carbocycles. The van der Waals surface area contributed by atoms with Crippen LogP contribution in [-0.4, -0.2) is 32.9 Å². The number of amidine groups is 1. The Balaban J connectivity index is 1.75. The van der Waals surface area contributed by atoms with Gasteiger partial charge in [-0.1, -0.05) is 6.07 Å². The number of nitrogens with two attached hydrogens (primary N) is 1. The van der Waals surface area contributed by atoms with E-state index in [1.54, 1.807) is 13.0 Å². The van der Waals surface area contributed by atoms with Crippen LogP contribution in [0.2, 0.25) is 0 Å². The average molecular weight is 453 g/mol. The van der Waals surface area contributed by atoms with E-state index in [-0.39, 0.29) is 29.6 Å². The predicted molar refractivity (Wildman–Crippen MR) is 111 cm³/mol. The van der Waals surface area contributed by atoms with Crippen LogP contribution in [0.15, 0.2) is 52.4 Å². The maximum atomic E-state index is 12.8. The molecule has 5 N–H and O–H groups in total. The number of H-pyrrole nitrogens is 1. The minimum Gasteiger partial charge on any atom is -0.439 e. The van der Waals surface area contributed by atoms with Crippen molar-refractivity contribution in [2.24, 2.45) is 10.7 Å². The smallest absolute Gasteiger partial charge is 0.416 e. The number of ether oxygens (including phenoxy) is 1. The van der Waals surface area contributed by atoms with E-state index in [4.69, 9.17) is 15.6 Å². The molecule has 31 heavy (non-hydrogen) atoms. The molecule has 0 bridgehead atoms. The van der Waals surface area contributed by atoms with Crippen LogP contribution in [0.1, 0.15) is 18.1 Å². The number of nitrogens with zero attached hydrogens (tertiary/aromatic N) is 2. The van der Waals surface area contributed by atoms with Crippen LogP contribution in [0.4, 0.5) is 23.9 Å². The lowest BCUT2D eigenvalue weighted by Crippen LogP contribution is -2.24. The minimum atomic E-state index is -4.48. The van der Waals surface area contributed by atoms with Crippen molar-refractivity contribution in [3.63, 3.8) is 0 Å². The van der Waals surface area contributed by atoms with Gasteiger partial charge in [-0.15, -0.1) is 0 Å². The Bertz CT molecular complexity index is 1130. The van der Waals surface area contributed by atoms with Crippen molar-refractivity contribution in [3.8, 4) is 11.6 Å². The molecular formula is C19H18F3N5O3S. The van der Waals surface area contributed by atoms with Crippen LogP contribution >= 0.6 is 11.5 Å². The number of hydrogen-bond donors (Lipinski definition) is 4. The minimum absolute atomic E-state index is 0.00355. The highest BCUT2D eigenvalue weighted by atomic mass is 32.1. The highest BCUT2D eigenvalue weighted by Gasteiger charge is 2.30. The second-order valence-corrected chi connectivity index (χ2v) is 7.24. The molecule has 12 heteroatoms. The molecule has 0 aliphatic heterocycles. The normalized spacial score (nSPS) is 13.1. The number of hydrogen-bond acceptors (Lipinski definition) is 7. The highest BCUT2D eigenvalue weighted by Crippen LogP contribution is 2.32. The van der Waals surface area contributed by atoms with Gasteiger partial charge in [0.1, 0.15) is 22.1 Å². The molecule has 1 unspecified atom stereocenters. The summed E-state index contributed by atoms with van der Waals surface area (Å²) in [6.45, 7) is 1.43. The SMILES string of the molecule is CC(CO)N=C(N)c1c(Nc2ccc(Oc3cccc(C(F)(F)F)c3)nc2)s[nH]c1=O. The molecule has 0 radical (unpaired) electrons. The number of anilines is 2. The molecule has 0 saturated heterocycles. The summed E-state index contributed by atoms with van der Waals surface area (Å²) in [5.74, 6) is 0.0605. The van der Waals surface area contributed by atoms with E-state index in [9.17, 15) is 18.0 Å². The zero-order valence-electron chi connectivity index (χ0n) is 16.1. The third-order valence-corrected chi connectivity index (χ3v) is 4.76. The van der Waals surface area contributed by atoms with Gasteiger partial charge in [0, 0.05) is 6.07 Å². The summed E-state index contributed by atoms with van der Waals surface area (Å²) in [5, 5.41) is 12.5. The quantitative estimate of drug-likeness (QED) is 0.321. The fourth-order valence-corrected chi connectivity index (χ4v) is 3.23. The van der Waals surface area contributed by atoms with Crippen molar-refractivity contribution >= 4 is 28.1 Å². The van der Waals surface area contributed by atoms with E-state index in [2.05, 4.69) is 19.7 Å². The van der Waals surface area contributed by atoms with Crippen LogP contribution in [0.5, 0.6) is 11.6 Å². The topological polar surface area (TPSA) is 126 Å². The number of alkyl halides is 3. The number of halogens is 3. The Morgan fingerprint density at radius 3 is 2.81 bits per heavy atom. The molecule has 0 spiro atoms. The Kier molecular flexibility index (Phi) is 6.61. The molecule has 3 aromatic rings. The van der Waals surface area contributed by atoms with Gasteiger partial charge in [-0.3, -0.25) is 14.2 Å². The lowest BCUT2D eigenvalue weighted by atomic mass is 10.2. The molecular weight excluding hydrogens is 435 g/mol. The molecule has 1 atom stereocenters. The Morgan fingerprint density at radius 2 is 2.16 bits per heavy atom.